The number of aromatic nitrogens is 4. The molecule has 32 heavy (non-hydrogen) atoms. The van der Waals surface area contributed by atoms with Gasteiger partial charge in [0.1, 0.15) is 28.3 Å². The quantitative estimate of drug-likeness (QED) is 0.596. The van der Waals surface area contributed by atoms with Gasteiger partial charge in [-0.25, -0.2) is 23.4 Å². The van der Waals surface area contributed by atoms with E-state index in [1.807, 2.05) is 0 Å². The van der Waals surface area contributed by atoms with Gasteiger partial charge in [0.25, 0.3) is 0 Å². The van der Waals surface area contributed by atoms with Crippen LogP contribution < -0.4 is 4.72 Å². The summed E-state index contributed by atoms with van der Waals surface area (Å²) in [6, 6.07) is 1.33. The van der Waals surface area contributed by atoms with Gasteiger partial charge in [0.05, 0.1) is 23.0 Å². The van der Waals surface area contributed by atoms with Crippen LogP contribution in [0.15, 0.2) is 47.8 Å². The molecule has 164 valence electrons. The van der Waals surface area contributed by atoms with E-state index < -0.39 is 27.1 Å². The van der Waals surface area contributed by atoms with Gasteiger partial charge in [0.2, 0.25) is 10.0 Å². The SMILES string of the molecule is CC(NS(=O)(=O)c1cnc(-c2c(C#N)c3cc(Cl)cnc3n2C2=CC=C2)nc1)C(F)(F)F. The first-order valence-corrected chi connectivity index (χ1v) is 10.8. The molecule has 0 aromatic carbocycles. The number of halogens is 4. The van der Waals surface area contributed by atoms with Gasteiger partial charge in [-0.1, -0.05) is 17.7 Å². The molecule has 1 atom stereocenters. The summed E-state index contributed by atoms with van der Waals surface area (Å²) in [5.74, 6) is -0.0142. The Morgan fingerprint density at radius 1 is 1.22 bits per heavy atom. The van der Waals surface area contributed by atoms with Gasteiger partial charge in [-0.15, -0.1) is 0 Å². The molecule has 13 heteroatoms. The highest BCUT2D eigenvalue weighted by molar-refractivity contribution is 7.89. The van der Waals surface area contributed by atoms with Crippen molar-refractivity contribution in [2.45, 2.75) is 24.0 Å². The summed E-state index contributed by atoms with van der Waals surface area (Å²) in [5, 5.41) is 10.5. The molecular weight excluding hydrogens is 469 g/mol. The number of nitrogens with zero attached hydrogens (tertiary/aromatic N) is 5. The minimum Gasteiger partial charge on any atom is -0.290 e. The molecule has 3 heterocycles. The van der Waals surface area contributed by atoms with Crippen LogP contribution in [0, 0.1) is 11.3 Å². The Kier molecular flexibility index (Phi) is 5.28. The third-order valence-electron chi connectivity index (χ3n) is 4.65. The van der Waals surface area contributed by atoms with E-state index in [4.69, 9.17) is 11.6 Å². The average molecular weight is 481 g/mol. The molecule has 1 N–H and O–H groups in total. The Hall–Kier alpha value is -3.27. The highest BCUT2D eigenvalue weighted by Crippen LogP contribution is 2.36. The highest BCUT2D eigenvalue weighted by Gasteiger charge is 2.39. The largest absolute Gasteiger partial charge is 0.404 e. The molecular formula is C19H12ClF3N6O2S. The van der Waals surface area contributed by atoms with Crippen LogP contribution in [0.1, 0.15) is 12.5 Å². The molecule has 0 saturated carbocycles. The smallest absolute Gasteiger partial charge is 0.290 e. The normalized spacial score (nSPS) is 14.7. The molecule has 1 aliphatic carbocycles. The maximum Gasteiger partial charge on any atom is 0.404 e. The second-order valence-electron chi connectivity index (χ2n) is 6.77. The van der Waals surface area contributed by atoms with Crippen molar-refractivity contribution in [1.29, 1.82) is 5.26 Å². The fourth-order valence-corrected chi connectivity index (χ4v) is 4.27. The number of fused-ring (bicyclic) bond motifs is 1. The van der Waals surface area contributed by atoms with Gasteiger partial charge < -0.3 is 0 Å². The van der Waals surface area contributed by atoms with Gasteiger partial charge in [-0.2, -0.15) is 23.2 Å². The topological polar surface area (TPSA) is 114 Å². The van der Waals surface area contributed by atoms with Crippen LogP contribution in [-0.2, 0) is 10.0 Å². The van der Waals surface area contributed by atoms with Crippen LogP contribution in [0.4, 0.5) is 13.2 Å². The van der Waals surface area contributed by atoms with Crippen LogP contribution in [0.25, 0.3) is 28.2 Å². The summed E-state index contributed by atoms with van der Waals surface area (Å²) in [5.41, 5.74) is 1.50. The van der Waals surface area contributed by atoms with Crippen LogP contribution in [-0.4, -0.2) is 40.2 Å². The second kappa shape index (κ2) is 7.70. The molecule has 8 nitrogen and oxygen atoms in total. The number of rotatable bonds is 5. The average Bonchev–Trinajstić information content (AvgIpc) is 2.99. The van der Waals surface area contributed by atoms with Crippen molar-refractivity contribution in [2.75, 3.05) is 0 Å². The van der Waals surface area contributed by atoms with Crippen molar-refractivity contribution in [1.82, 2.24) is 24.2 Å². The standard InChI is InChI=1S/C19H12ClF3N6O2S/c1-10(19(21,22)23)28-32(30,31)13-8-25-17(26-9-13)16-15(6-24)14-5-11(20)7-27-18(14)29(16)12-3-2-4-12/h2-5,7-10,28H,1H3. The van der Waals surface area contributed by atoms with Crippen LogP contribution in [0.2, 0.25) is 5.02 Å². The molecule has 3 aromatic rings. The van der Waals surface area contributed by atoms with Crippen molar-refractivity contribution < 1.29 is 21.6 Å². The van der Waals surface area contributed by atoms with Gasteiger partial charge in [0, 0.05) is 17.3 Å². The maximum atomic E-state index is 12.7. The number of pyridine rings is 1. The first-order valence-electron chi connectivity index (χ1n) is 8.93. The molecule has 0 spiro atoms. The fraction of sp³-hybridized carbons (Fsp3) is 0.158. The number of hydrogen-bond donors (Lipinski definition) is 1. The zero-order valence-electron chi connectivity index (χ0n) is 16.1. The lowest BCUT2D eigenvalue weighted by molar-refractivity contribution is -0.147. The molecule has 1 unspecified atom stereocenters. The van der Waals surface area contributed by atoms with Crippen LogP contribution >= 0.6 is 11.6 Å². The van der Waals surface area contributed by atoms with E-state index in [0.29, 0.717) is 28.7 Å². The van der Waals surface area contributed by atoms with E-state index in [1.165, 1.54) is 10.9 Å². The molecule has 0 radical (unpaired) electrons. The van der Waals surface area contributed by atoms with E-state index in [9.17, 15) is 26.9 Å². The number of nitriles is 1. The Morgan fingerprint density at radius 3 is 2.41 bits per heavy atom. The minimum atomic E-state index is -4.76. The van der Waals surface area contributed by atoms with Crippen molar-refractivity contribution in [3.63, 3.8) is 0 Å². The third-order valence-corrected chi connectivity index (χ3v) is 6.35. The summed E-state index contributed by atoms with van der Waals surface area (Å²) in [4.78, 5) is 11.8. The van der Waals surface area contributed by atoms with Crippen molar-refractivity contribution in [3.05, 3.63) is 53.5 Å². The van der Waals surface area contributed by atoms with Crippen LogP contribution in [0.5, 0.6) is 0 Å². The Labute approximate surface area is 184 Å². The molecule has 0 aliphatic heterocycles. The number of sulfonamides is 1. The lowest BCUT2D eigenvalue weighted by atomic mass is 10.1. The van der Waals surface area contributed by atoms with E-state index in [-0.39, 0.29) is 17.1 Å². The zero-order chi connectivity index (χ0) is 23.3. The molecule has 0 amide bonds. The first-order chi connectivity index (χ1) is 15.0. The summed E-state index contributed by atoms with van der Waals surface area (Å²) in [7, 11) is -4.53. The van der Waals surface area contributed by atoms with Gasteiger partial charge in [-0.3, -0.25) is 4.57 Å². The predicted molar refractivity (Wildman–Crippen MR) is 110 cm³/mol. The molecule has 3 aromatic heterocycles. The molecule has 0 bridgehead atoms. The number of alkyl halides is 3. The van der Waals surface area contributed by atoms with E-state index in [0.717, 1.165) is 12.4 Å². The third kappa shape index (κ3) is 3.75. The monoisotopic (exact) mass is 480 g/mol. The lowest BCUT2D eigenvalue weighted by Gasteiger charge is -2.17. The van der Waals surface area contributed by atoms with E-state index in [1.54, 1.807) is 28.9 Å². The second-order valence-corrected chi connectivity index (χ2v) is 8.92. The van der Waals surface area contributed by atoms with E-state index in [2.05, 4.69) is 21.0 Å². The van der Waals surface area contributed by atoms with Crippen molar-refractivity contribution >= 4 is 38.4 Å². The van der Waals surface area contributed by atoms with Crippen molar-refractivity contribution in [2.24, 2.45) is 0 Å². The van der Waals surface area contributed by atoms with Crippen molar-refractivity contribution in [3.8, 4) is 17.6 Å². The summed E-state index contributed by atoms with van der Waals surface area (Å²) in [6.07, 6.45) is 3.72. The Bertz CT molecular complexity index is 1440. The first kappa shape index (κ1) is 21.9. The maximum absolute atomic E-state index is 12.7. The molecule has 1 aliphatic rings. The fourth-order valence-electron chi connectivity index (χ4n) is 2.99. The van der Waals surface area contributed by atoms with Gasteiger partial charge in [0.15, 0.2) is 5.82 Å². The predicted octanol–water partition coefficient (Wildman–Crippen LogP) is 3.66. The minimum absolute atomic E-state index is 0.0142. The Morgan fingerprint density at radius 2 is 1.88 bits per heavy atom. The zero-order valence-corrected chi connectivity index (χ0v) is 17.7. The number of hydrogen-bond acceptors (Lipinski definition) is 6. The summed E-state index contributed by atoms with van der Waals surface area (Å²) >= 11 is 6.03. The number of allylic oxidation sites excluding steroid dienone is 4. The van der Waals surface area contributed by atoms with Gasteiger partial charge >= 0.3 is 6.18 Å². The summed E-state index contributed by atoms with van der Waals surface area (Å²) in [6.45, 7) is 0.683. The Balaban J connectivity index is 1.82. The highest BCUT2D eigenvalue weighted by atomic mass is 35.5. The molecule has 0 fully saturated rings. The van der Waals surface area contributed by atoms with Gasteiger partial charge in [-0.05, 0) is 25.1 Å². The number of nitrogens with one attached hydrogen (secondary N) is 1. The summed E-state index contributed by atoms with van der Waals surface area (Å²) < 4.78 is 65.9. The van der Waals surface area contributed by atoms with E-state index >= 15 is 0 Å². The molecule has 4 rings (SSSR count). The lowest BCUT2D eigenvalue weighted by Crippen LogP contribution is -2.43. The molecule has 0 saturated heterocycles. The van der Waals surface area contributed by atoms with Crippen LogP contribution in [0.3, 0.4) is 0 Å².